The molecule has 48 heavy (non-hydrogen) atoms. The molecule has 3 heterocycles. The number of aromatic nitrogens is 1. The molecule has 1 amide bonds. The van der Waals surface area contributed by atoms with Gasteiger partial charge in [-0.2, -0.15) is 0 Å². The summed E-state index contributed by atoms with van der Waals surface area (Å²) in [5.74, 6) is 1.64. The van der Waals surface area contributed by atoms with Crippen LogP contribution in [-0.2, 0) is 13.1 Å². The van der Waals surface area contributed by atoms with E-state index in [0.717, 1.165) is 67.5 Å². The fourth-order valence-electron chi connectivity index (χ4n) is 7.49. The molecule has 254 valence electrons. The first-order valence-electron chi connectivity index (χ1n) is 16.8. The summed E-state index contributed by atoms with van der Waals surface area (Å²) in [7, 11) is 0. The standard InChI is InChI=1S/C38H41Cl4N3O3/c1-23(2)48-36-9-4-8-29-30(38(47)43-20-24-10-12-31(39)33(41)16-24)22-45(37(29)36)15-5-14-44-21-26-6-3-7-28(44)17-27(26)19-35(46)25-11-13-32(40)34(42)18-25/h4,8-13,16,18,22-23,26-28H,3,5-7,14-15,17,19-21H2,1-2H3,(H,43,47)/t26?,27-,28?/m0/s1. The van der Waals surface area contributed by atoms with Crippen LogP contribution in [0.1, 0.15) is 78.7 Å². The lowest BCUT2D eigenvalue weighted by atomic mass is 9.79. The van der Waals surface area contributed by atoms with E-state index in [1.165, 1.54) is 6.42 Å². The third-order valence-electron chi connectivity index (χ3n) is 9.78. The predicted octanol–water partition coefficient (Wildman–Crippen LogP) is 10.1. The van der Waals surface area contributed by atoms with Gasteiger partial charge in [0.25, 0.3) is 5.91 Å². The SMILES string of the molecule is CC(C)Oc1cccc2c(C(=O)NCc3ccc(Cl)c(Cl)c3)cn(CCCN3CC4CCCC3C[C@H]4CC(=O)c3ccc(Cl)c(Cl)c3)c12. The van der Waals surface area contributed by atoms with Gasteiger partial charge < -0.3 is 19.5 Å². The third kappa shape index (κ3) is 8.00. The van der Waals surface area contributed by atoms with Crippen molar-refractivity contribution in [2.24, 2.45) is 11.8 Å². The minimum Gasteiger partial charge on any atom is -0.489 e. The summed E-state index contributed by atoms with van der Waals surface area (Å²) in [4.78, 5) is 29.4. The fourth-order valence-corrected chi connectivity index (χ4v) is 8.11. The van der Waals surface area contributed by atoms with Crippen molar-refractivity contribution >= 4 is 69.0 Å². The second-order valence-electron chi connectivity index (χ2n) is 13.4. The Morgan fingerprint density at radius 2 is 1.71 bits per heavy atom. The Kier molecular flexibility index (Phi) is 11.3. The van der Waals surface area contributed by atoms with Crippen LogP contribution in [0.15, 0.2) is 60.8 Å². The topological polar surface area (TPSA) is 63.6 Å². The number of nitrogens with zero attached hydrogens (tertiary/aromatic N) is 2. The largest absolute Gasteiger partial charge is 0.489 e. The molecule has 1 aliphatic carbocycles. The highest BCUT2D eigenvalue weighted by molar-refractivity contribution is 6.42. The Bertz CT molecular complexity index is 1810. The Morgan fingerprint density at radius 1 is 0.938 bits per heavy atom. The lowest BCUT2D eigenvalue weighted by Crippen LogP contribution is -2.46. The van der Waals surface area contributed by atoms with Crippen LogP contribution in [0.4, 0.5) is 0 Å². The molecule has 2 aliphatic heterocycles. The normalized spacial score (nSPS) is 19.5. The summed E-state index contributed by atoms with van der Waals surface area (Å²) in [6.07, 6.45) is 8.00. The number of amides is 1. The maximum Gasteiger partial charge on any atom is 0.253 e. The van der Waals surface area contributed by atoms with E-state index in [4.69, 9.17) is 51.1 Å². The number of carbonyl (C=O) groups is 2. The van der Waals surface area contributed by atoms with Gasteiger partial charge in [0.2, 0.25) is 0 Å². The van der Waals surface area contributed by atoms with Crippen molar-refractivity contribution in [1.82, 2.24) is 14.8 Å². The molecule has 3 aromatic carbocycles. The van der Waals surface area contributed by atoms with Crippen molar-refractivity contribution in [2.45, 2.75) is 77.6 Å². The molecule has 3 atom stereocenters. The van der Waals surface area contributed by atoms with Crippen molar-refractivity contribution in [2.75, 3.05) is 13.1 Å². The van der Waals surface area contributed by atoms with Crippen LogP contribution >= 0.6 is 46.4 Å². The zero-order chi connectivity index (χ0) is 33.9. The Labute approximate surface area is 302 Å². The van der Waals surface area contributed by atoms with Gasteiger partial charge in [-0.15, -0.1) is 0 Å². The third-order valence-corrected chi connectivity index (χ3v) is 11.3. The highest BCUT2D eigenvalue weighted by atomic mass is 35.5. The number of hydrogen-bond acceptors (Lipinski definition) is 4. The second-order valence-corrected chi connectivity index (χ2v) is 15.1. The van der Waals surface area contributed by atoms with Gasteiger partial charge in [0.1, 0.15) is 5.75 Å². The van der Waals surface area contributed by atoms with E-state index in [1.54, 1.807) is 30.3 Å². The molecule has 6 nitrogen and oxygen atoms in total. The second kappa shape index (κ2) is 15.4. The summed E-state index contributed by atoms with van der Waals surface area (Å²) in [5, 5.41) is 5.75. The van der Waals surface area contributed by atoms with E-state index >= 15 is 0 Å². The molecular formula is C38H41Cl4N3O3. The molecule has 2 bridgehead atoms. The van der Waals surface area contributed by atoms with E-state index in [9.17, 15) is 9.59 Å². The molecular weight excluding hydrogens is 688 g/mol. The molecule has 3 aliphatic rings. The maximum atomic E-state index is 13.5. The number of fused-ring (bicyclic) bond motifs is 5. The van der Waals surface area contributed by atoms with Gasteiger partial charge in [-0.3, -0.25) is 9.59 Å². The van der Waals surface area contributed by atoms with Gasteiger partial charge >= 0.3 is 0 Å². The highest BCUT2D eigenvalue weighted by Gasteiger charge is 2.38. The molecule has 2 unspecified atom stereocenters. The van der Waals surface area contributed by atoms with Crippen molar-refractivity contribution in [3.8, 4) is 5.75 Å². The highest BCUT2D eigenvalue weighted by Crippen LogP contribution is 2.40. The van der Waals surface area contributed by atoms with Gasteiger partial charge in [0.05, 0.1) is 37.3 Å². The summed E-state index contributed by atoms with van der Waals surface area (Å²) < 4.78 is 8.40. The molecule has 7 rings (SSSR count). The first-order valence-corrected chi connectivity index (χ1v) is 18.3. The van der Waals surface area contributed by atoms with Crippen LogP contribution in [0.2, 0.25) is 20.1 Å². The quantitative estimate of drug-likeness (QED) is 0.148. The van der Waals surface area contributed by atoms with Gasteiger partial charge in [-0.1, -0.05) is 71.0 Å². The molecule has 2 saturated heterocycles. The molecule has 0 spiro atoms. The van der Waals surface area contributed by atoms with E-state index in [2.05, 4.69) is 14.8 Å². The molecule has 0 radical (unpaired) electrons. The zero-order valence-electron chi connectivity index (χ0n) is 27.3. The van der Waals surface area contributed by atoms with Crippen molar-refractivity contribution < 1.29 is 14.3 Å². The molecule has 1 aromatic heterocycles. The molecule has 4 aromatic rings. The van der Waals surface area contributed by atoms with Crippen molar-refractivity contribution in [3.05, 3.63) is 97.6 Å². The smallest absolute Gasteiger partial charge is 0.253 e. The average molecular weight is 730 g/mol. The summed E-state index contributed by atoms with van der Waals surface area (Å²) >= 11 is 24.5. The minimum atomic E-state index is -0.155. The predicted molar refractivity (Wildman–Crippen MR) is 196 cm³/mol. The number of halogens is 4. The number of ether oxygens (including phenoxy) is 1. The summed E-state index contributed by atoms with van der Waals surface area (Å²) in [5.41, 5.74) is 3.06. The van der Waals surface area contributed by atoms with Gasteiger partial charge in [0.15, 0.2) is 5.78 Å². The van der Waals surface area contributed by atoms with Crippen LogP contribution in [0.5, 0.6) is 5.75 Å². The molecule has 3 fully saturated rings. The van der Waals surface area contributed by atoms with Crippen LogP contribution < -0.4 is 10.1 Å². The van der Waals surface area contributed by atoms with Gasteiger partial charge in [-0.25, -0.2) is 0 Å². The lowest BCUT2D eigenvalue weighted by molar-refractivity contribution is 0.0648. The Balaban J connectivity index is 1.13. The first-order chi connectivity index (χ1) is 23.1. The zero-order valence-corrected chi connectivity index (χ0v) is 30.3. The number of hydrogen-bond donors (Lipinski definition) is 1. The average Bonchev–Trinajstić information content (AvgIpc) is 3.17. The number of Topliss-reactive ketones (excluding diaryl/α,β-unsaturated/α-hetero) is 1. The van der Waals surface area contributed by atoms with E-state index < -0.39 is 0 Å². The van der Waals surface area contributed by atoms with Crippen LogP contribution in [0.3, 0.4) is 0 Å². The molecule has 10 heteroatoms. The lowest BCUT2D eigenvalue weighted by Gasteiger charge is -2.41. The molecule has 1 N–H and O–H groups in total. The van der Waals surface area contributed by atoms with Gasteiger partial charge in [-0.05, 0) is 93.3 Å². The number of nitrogens with one attached hydrogen (secondary N) is 1. The van der Waals surface area contributed by atoms with E-state index in [-0.39, 0.29) is 17.8 Å². The fraction of sp³-hybridized carbons (Fsp3) is 0.421. The minimum absolute atomic E-state index is 0.00460. The first kappa shape index (κ1) is 35.1. The van der Waals surface area contributed by atoms with E-state index in [1.807, 2.05) is 44.3 Å². The number of aryl methyl sites for hydroxylation is 1. The maximum absolute atomic E-state index is 13.5. The Hall–Kier alpha value is -2.74. The summed E-state index contributed by atoms with van der Waals surface area (Å²) in [6.45, 7) is 7.08. The number of piperidine rings is 1. The van der Waals surface area contributed by atoms with Crippen LogP contribution in [0.25, 0.3) is 10.9 Å². The summed E-state index contributed by atoms with van der Waals surface area (Å²) in [6, 6.07) is 16.9. The molecule has 1 saturated carbocycles. The number of ketones is 1. The number of rotatable bonds is 12. The Morgan fingerprint density at radius 3 is 2.46 bits per heavy atom. The van der Waals surface area contributed by atoms with Crippen molar-refractivity contribution in [1.29, 1.82) is 0 Å². The number of carbonyl (C=O) groups excluding carboxylic acids is 2. The van der Waals surface area contributed by atoms with Crippen LogP contribution in [-0.4, -0.2) is 46.4 Å². The number of para-hydroxylation sites is 1. The van der Waals surface area contributed by atoms with Gasteiger partial charge in [0, 0.05) is 55.8 Å². The number of benzene rings is 3. The van der Waals surface area contributed by atoms with Crippen LogP contribution in [0, 0.1) is 11.8 Å². The van der Waals surface area contributed by atoms with E-state index in [0.29, 0.717) is 62.1 Å². The monoisotopic (exact) mass is 727 g/mol. The van der Waals surface area contributed by atoms with Crippen molar-refractivity contribution in [3.63, 3.8) is 0 Å².